The summed E-state index contributed by atoms with van der Waals surface area (Å²) in [5.41, 5.74) is 39.4. The average Bonchev–Trinajstić information content (AvgIpc) is 1.54. The third-order valence-corrected chi connectivity index (χ3v) is 25.7. The number of hydrogen-bond acceptors (Lipinski definition) is 2. The van der Waals surface area contributed by atoms with Crippen molar-refractivity contribution in [2.24, 2.45) is 0 Å². The van der Waals surface area contributed by atoms with Crippen LogP contribution in [0.25, 0.3) is 144 Å². The maximum Gasteiger partial charge on any atom is 0.252 e. The Morgan fingerprint density at radius 2 is 0.521 bits per heavy atom. The highest BCUT2D eigenvalue weighted by Gasteiger charge is 2.46. The molecule has 2 aliphatic heterocycles. The molecule has 0 saturated carbocycles. The minimum atomic E-state index is -0.275. The molecule has 21 rings (SSSR count). The number of rotatable bonds is 17. The predicted molar refractivity (Wildman–Crippen MR) is 518 cm³/mol. The molecule has 0 radical (unpaired) electrons. The number of unbranched alkanes of at least 4 members (excludes halogenated alkanes) is 3. The van der Waals surface area contributed by atoms with Crippen LogP contribution in [0.2, 0.25) is 0 Å². The molecule has 0 bridgehead atoms. The summed E-state index contributed by atoms with van der Waals surface area (Å²) >= 11 is 0. The van der Waals surface area contributed by atoms with Gasteiger partial charge in [0.2, 0.25) is 0 Å². The van der Waals surface area contributed by atoms with Crippen LogP contribution in [0.5, 0.6) is 0 Å². The number of aromatic nitrogens is 2. The Morgan fingerprint density at radius 3 is 0.810 bits per heavy atom. The van der Waals surface area contributed by atoms with Crippen molar-refractivity contribution in [3.8, 4) is 100 Å². The van der Waals surface area contributed by atoms with Crippen molar-refractivity contribution in [3.05, 3.63) is 405 Å². The number of aryl methyl sites for hydroxylation is 1. The van der Waals surface area contributed by atoms with Gasteiger partial charge in [0, 0.05) is 77.9 Å². The highest BCUT2D eigenvalue weighted by molar-refractivity contribution is 7.00. The van der Waals surface area contributed by atoms with E-state index in [4.69, 9.17) is 0 Å². The minimum absolute atomic E-state index is 0.258. The largest absolute Gasteiger partial charge is 0.310 e. The van der Waals surface area contributed by atoms with Crippen LogP contribution in [0.15, 0.2) is 388 Å². The molecule has 121 heavy (non-hydrogen) atoms. The summed E-state index contributed by atoms with van der Waals surface area (Å²) in [6, 6.07) is 148. The van der Waals surface area contributed by atoms with Crippen LogP contribution in [0.3, 0.4) is 0 Å². The van der Waals surface area contributed by atoms with Crippen molar-refractivity contribution in [1.82, 2.24) is 9.13 Å². The van der Waals surface area contributed by atoms with Crippen molar-refractivity contribution in [1.29, 1.82) is 0 Å². The van der Waals surface area contributed by atoms with E-state index in [2.05, 4.69) is 456 Å². The van der Waals surface area contributed by atoms with Gasteiger partial charge in [-0.3, -0.25) is 0 Å². The molecule has 582 valence electrons. The zero-order valence-electron chi connectivity index (χ0n) is 69.9. The van der Waals surface area contributed by atoms with Gasteiger partial charge in [-0.25, -0.2) is 0 Å². The molecule has 2 aromatic heterocycles. The normalized spacial score (nSPS) is 12.5. The first-order valence-corrected chi connectivity index (χ1v) is 43.3. The fourth-order valence-corrected chi connectivity index (χ4v) is 19.5. The molecule has 4 nitrogen and oxygen atoms in total. The van der Waals surface area contributed by atoms with Gasteiger partial charge >= 0.3 is 0 Å². The fourth-order valence-electron chi connectivity index (χ4n) is 19.5. The third kappa shape index (κ3) is 13.3. The number of fused-ring (bicyclic) bond motifs is 10. The molecule has 4 heterocycles. The third-order valence-electron chi connectivity index (χ3n) is 25.7. The van der Waals surface area contributed by atoms with Crippen LogP contribution < -0.4 is 26.2 Å². The van der Waals surface area contributed by atoms with Gasteiger partial charge < -0.3 is 18.9 Å². The van der Waals surface area contributed by atoms with E-state index in [-0.39, 0.29) is 17.5 Å². The summed E-state index contributed by atoms with van der Waals surface area (Å²) in [4.78, 5) is 5.57. The molecule has 0 atom stereocenters. The van der Waals surface area contributed by atoms with Gasteiger partial charge in [-0.15, -0.1) is 0 Å². The topological polar surface area (TPSA) is 16.3 Å². The maximum atomic E-state index is 2.79. The lowest BCUT2D eigenvalue weighted by Gasteiger charge is -2.46. The molecule has 0 amide bonds. The monoisotopic (exact) mass is 1550 g/mol. The minimum Gasteiger partial charge on any atom is -0.310 e. The zero-order chi connectivity index (χ0) is 81.6. The molecule has 0 fully saturated rings. The van der Waals surface area contributed by atoms with Crippen LogP contribution in [-0.4, -0.2) is 15.8 Å². The molecular weight excluding hydrogens is 1460 g/mol. The van der Waals surface area contributed by atoms with Gasteiger partial charge in [0.1, 0.15) is 0 Å². The van der Waals surface area contributed by atoms with E-state index >= 15 is 0 Å². The molecule has 0 N–H and O–H groups in total. The fraction of sp³-hybridized carbons (Fsp3) is 0.121. The Kier molecular flexibility index (Phi) is 18.7. The SMILES string of the molecule is CCCCCCc1cc2c3c(c1)N(c1c(-c4ccc(-c5ccccc5)cc4)cc(C(C)(C)C)cc1-c1ccc(-c4ccccc4)cc1)c1cc(-n4c5ccccc5c5ccccc54)ccc1B3c1ccc(-n3c4ccccc4c4ccccc43)cc1N2c1c(-c2ccc(-c3ccccc3)cc2)cc(C(C)(C)C)cc1-c1ccc(-c2ccccc2)cc1. The lowest BCUT2D eigenvalue weighted by molar-refractivity contribution is 0.590. The van der Waals surface area contributed by atoms with E-state index < -0.39 is 0 Å². The number of benzene rings is 17. The van der Waals surface area contributed by atoms with E-state index in [1.165, 1.54) is 133 Å². The molecular formula is C116H95BN4. The molecule has 0 saturated heterocycles. The Hall–Kier alpha value is -14.0. The summed E-state index contributed by atoms with van der Waals surface area (Å²) in [5.74, 6) is 0. The van der Waals surface area contributed by atoms with Gasteiger partial charge in [-0.1, -0.05) is 371 Å². The van der Waals surface area contributed by atoms with Crippen molar-refractivity contribution >= 4 is 101 Å². The Morgan fingerprint density at radius 1 is 0.248 bits per heavy atom. The van der Waals surface area contributed by atoms with Crippen molar-refractivity contribution in [2.75, 3.05) is 9.80 Å². The van der Waals surface area contributed by atoms with Crippen LogP contribution in [-0.2, 0) is 17.3 Å². The van der Waals surface area contributed by atoms with Gasteiger partial charge in [-0.05, 0) is 208 Å². The second-order valence-corrected chi connectivity index (χ2v) is 35.3. The molecule has 2 aliphatic rings. The van der Waals surface area contributed by atoms with Crippen molar-refractivity contribution in [3.63, 3.8) is 0 Å². The first-order valence-electron chi connectivity index (χ1n) is 43.3. The molecule has 0 unspecified atom stereocenters. The summed E-state index contributed by atoms with van der Waals surface area (Å²) in [6.45, 7) is 16.4. The van der Waals surface area contributed by atoms with Gasteiger partial charge in [0.15, 0.2) is 0 Å². The summed E-state index contributed by atoms with van der Waals surface area (Å²) in [6.07, 6.45) is 5.33. The van der Waals surface area contributed by atoms with Gasteiger partial charge in [0.05, 0.1) is 33.4 Å². The Labute approximate surface area is 711 Å². The van der Waals surface area contributed by atoms with Gasteiger partial charge in [-0.2, -0.15) is 0 Å². The van der Waals surface area contributed by atoms with Crippen LogP contribution in [0.1, 0.15) is 90.8 Å². The lowest BCUT2D eigenvalue weighted by Crippen LogP contribution is -2.61. The van der Waals surface area contributed by atoms with Crippen LogP contribution in [0, 0.1) is 0 Å². The van der Waals surface area contributed by atoms with E-state index in [1.54, 1.807) is 0 Å². The van der Waals surface area contributed by atoms with Crippen molar-refractivity contribution < 1.29 is 0 Å². The second-order valence-electron chi connectivity index (χ2n) is 35.3. The summed E-state index contributed by atoms with van der Waals surface area (Å²) in [5, 5.41) is 4.91. The zero-order valence-corrected chi connectivity index (χ0v) is 69.9. The highest BCUT2D eigenvalue weighted by Crippen LogP contribution is 2.56. The molecule has 17 aromatic carbocycles. The molecule has 19 aromatic rings. The summed E-state index contributed by atoms with van der Waals surface area (Å²) < 4.78 is 5.06. The first kappa shape index (κ1) is 74.5. The molecule has 0 spiro atoms. The van der Waals surface area contributed by atoms with Crippen LogP contribution in [0.4, 0.5) is 34.1 Å². The number of hydrogen-bond donors (Lipinski definition) is 0. The quantitative estimate of drug-likeness (QED) is 0.0667. The van der Waals surface area contributed by atoms with E-state index in [0.717, 1.165) is 111 Å². The predicted octanol–water partition coefficient (Wildman–Crippen LogP) is 30.0. The van der Waals surface area contributed by atoms with Crippen LogP contribution >= 0.6 is 0 Å². The summed E-state index contributed by atoms with van der Waals surface area (Å²) in [7, 11) is 0. The molecule has 5 heteroatoms. The highest BCUT2D eigenvalue weighted by atomic mass is 15.2. The lowest BCUT2D eigenvalue weighted by atomic mass is 9.33. The van der Waals surface area contributed by atoms with Crippen molar-refractivity contribution in [2.45, 2.75) is 91.4 Å². The standard InChI is InChI=1S/C116H95BN4/c1-8-9-10-15-32-77-69-110-112-111(70-77)121(114-100(88-61-53-84(54-62-88)80-37-20-13-21-38-80)73-91(116(5,6)7)74-101(114)89-63-55-85(56-64-89)81-39-22-14-23-40-81)109-76-93(119-106-47-30-26-43-96(106)97-44-27-31-48-107(97)119)66-68-103(109)117(112)102-67-65-92(118-104-45-28-24-41-94(104)95-42-25-29-46-105(95)118)75-108(102)120(110)113-98(86-57-49-82(50-58-86)78-33-16-11-17-34-78)71-90(115(2,3)4)72-99(113)87-59-51-83(52-60-87)79-35-18-12-19-36-79/h11-14,16-31,33-76H,8-10,15,32H2,1-7H3. The van der Waals surface area contributed by atoms with E-state index in [9.17, 15) is 0 Å². The molecule has 0 aliphatic carbocycles. The Balaban J connectivity index is 0.927. The second kappa shape index (κ2) is 30.4. The van der Waals surface area contributed by atoms with E-state index in [1.807, 2.05) is 0 Å². The smallest absolute Gasteiger partial charge is 0.252 e. The number of para-hydroxylation sites is 4. The number of anilines is 6. The Bertz CT molecular complexity index is 6410. The number of nitrogens with zero attached hydrogens (tertiary/aromatic N) is 4. The average molecular weight is 1560 g/mol. The first-order chi connectivity index (χ1) is 59.3. The van der Waals surface area contributed by atoms with Gasteiger partial charge in [0.25, 0.3) is 6.71 Å². The van der Waals surface area contributed by atoms with E-state index in [0.29, 0.717) is 0 Å². The maximum absolute atomic E-state index is 2.79.